The predicted octanol–water partition coefficient (Wildman–Crippen LogP) is 1.24. The first-order valence-electron chi connectivity index (χ1n) is 6.06. The largest absolute Gasteiger partial charge is 0.508 e. The van der Waals surface area contributed by atoms with Crippen LogP contribution in [-0.4, -0.2) is 36.3 Å². The molecule has 0 spiro atoms. The van der Waals surface area contributed by atoms with E-state index in [9.17, 15) is 5.11 Å². The highest BCUT2D eigenvalue weighted by Gasteiger charge is 2.18. The highest BCUT2D eigenvalue weighted by Crippen LogP contribution is 2.26. The summed E-state index contributed by atoms with van der Waals surface area (Å²) in [6, 6.07) is 6.03. The summed E-state index contributed by atoms with van der Waals surface area (Å²) in [7, 11) is 0. The van der Waals surface area contributed by atoms with Crippen molar-refractivity contribution in [3.8, 4) is 5.75 Å². The molecule has 1 aliphatic heterocycles. The highest BCUT2D eigenvalue weighted by atomic mass is 16.5. The van der Waals surface area contributed by atoms with Gasteiger partial charge in [0.05, 0.1) is 13.2 Å². The van der Waals surface area contributed by atoms with Gasteiger partial charge in [0, 0.05) is 31.2 Å². The first kappa shape index (κ1) is 12.4. The van der Waals surface area contributed by atoms with E-state index in [0.717, 1.165) is 31.9 Å². The molecule has 1 unspecified atom stereocenters. The number of benzene rings is 1. The third-order valence-electron chi connectivity index (χ3n) is 3.40. The minimum absolute atomic E-state index is 0.283. The smallest absolute Gasteiger partial charge is 0.120 e. The van der Waals surface area contributed by atoms with Gasteiger partial charge in [-0.25, -0.2) is 0 Å². The second-order valence-corrected chi connectivity index (χ2v) is 4.42. The Morgan fingerprint density at radius 1 is 1.41 bits per heavy atom. The zero-order valence-corrected chi connectivity index (χ0v) is 10.2. The number of phenols is 1. The molecule has 0 bridgehead atoms. The Bertz CT molecular complexity index is 376. The lowest BCUT2D eigenvalue weighted by Gasteiger charge is -2.32. The molecule has 1 heterocycles. The Labute approximate surface area is 102 Å². The minimum Gasteiger partial charge on any atom is -0.508 e. The van der Waals surface area contributed by atoms with E-state index in [1.807, 2.05) is 12.1 Å². The van der Waals surface area contributed by atoms with Crippen molar-refractivity contribution in [1.82, 2.24) is 4.90 Å². The number of hydrogen-bond acceptors (Lipinski definition) is 4. The van der Waals surface area contributed by atoms with Crippen LogP contribution in [0.1, 0.15) is 24.1 Å². The van der Waals surface area contributed by atoms with E-state index in [1.54, 1.807) is 6.07 Å². The Morgan fingerprint density at radius 2 is 2.12 bits per heavy atom. The molecule has 1 atom stereocenters. The predicted molar refractivity (Wildman–Crippen MR) is 66.8 cm³/mol. The monoisotopic (exact) mass is 236 g/mol. The maximum absolute atomic E-state index is 9.61. The van der Waals surface area contributed by atoms with E-state index in [2.05, 4.69) is 11.8 Å². The molecule has 3 N–H and O–H groups in total. The molecular formula is C13H20N2O2. The summed E-state index contributed by atoms with van der Waals surface area (Å²) < 4.78 is 5.35. The van der Waals surface area contributed by atoms with Crippen LogP contribution >= 0.6 is 0 Å². The maximum Gasteiger partial charge on any atom is 0.120 e. The summed E-state index contributed by atoms with van der Waals surface area (Å²) in [5, 5.41) is 9.61. The lowest BCUT2D eigenvalue weighted by atomic mass is 10.0. The zero-order chi connectivity index (χ0) is 12.3. The number of ether oxygens (including phenoxy) is 1. The van der Waals surface area contributed by atoms with Gasteiger partial charge in [-0.1, -0.05) is 6.07 Å². The van der Waals surface area contributed by atoms with Crippen molar-refractivity contribution >= 4 is 0 Å². The van der Waals surface area contributed by atoms with E-state index in [4.69, 9.17) is 10.5 Å². The summed E-state index contributed by atoms with van der Waals surface area (Å²) in [4.78, 5) is 2.39. The number of rotatable bonds is 3. The second kappa shape index (κ2) is 5.49. The summed E-state index contributed by atoms with van der Waals surface area (Å²) in [5.74, 6) is 0.283. The standard InChI is InChI=1S/C13H20N2O2/c1-10(15-4-6-17-7-5-15)11-2-3-13(16)12(8-11)9-14/h2-3,8,10,16H,4-7,9,14H2,1H3. The topological polar surface area (TPSA) is 58.7 Å². The van der Waals surface area contributed by atoms with Crippen LogP contribution < -0.4 is 5.73 Å². The van der Waals surface area contributed by atoms with Gasteiger partial charge in [-0.3, -0.25) is 4.90 Å². The van der Waals surface area contributed by atoms with Crippen LogP contribution in [0.4, 0.5) is 0 Å². The molecule has 0 aliphatic carbocycles. The number of nitrogens with zero attached hydrogens (tertiary/aromatic N) is 1. The second-order valence-electron chi connectivity index (χ2n) is 4.42. The SMILES string of the molecule is CC(c1ccc(O)c(CN)c1)N1CCOCC1. The zero-order valence-electron chi connectivity index (χ0n) is 10.2. The van der Waals surface area contributed by atoms with Gasteiger partial charge in [0.1, 0.15) is 5.75 Å². The van der Waals surface area contributed by atoms with Crippen molar-refractivity contribution in [2.24, 2.45) is 5.73 Å². The fourth-order valence-corrected chi connectivity index (χ4v) is 2.20. The lowest BCUT2D eigenvalue weighted by Crippen LogP contribution is -2.38. The molecule has 1 saturated heterocycles. The van der Waals surface area contributed by atoms with E-state index < -0.39 is 0 Å². The fraction of sp³-hybridized carbons (Fsp3) is 0.538. The molecule has 1 aromatic rings. The quantitative estimate of drug-likeness (QED) is 0.829. The number of hydrogen-bond donors (Lipinski definition) is 2. The molecule has 0 amide bonds. The van der Waals surface area contributed by atoms with E-state index in [1.165, 1.54) is 5.56 Å². The number of aromatic hydroxyl groups is 1. The molecule has 0 saturated carbocycles. The molecule has 0 aromatic heterocycles. The Kier molecular flexibility index (Phi) is 3.99. The van der Waals surface area contributed by atoms with Crippen molar-refractivity contribution in [2.45, 2.75) is 19.5 Å². The number of phenolic OH excluding ortho intramolecular Hbond substituents is 1. The van der Waals surface area contributed by atoms with E-state index in [-0.39, 0.29) is 5.75 Å². The molecule has 17 heavy (non-hydrogen) atoms. The number of nitrogens with two attached hydrogens (primary N) is 1. The summed E-state index contributed by atoms with van der Waals surface area (Å²) in [5.41, 5.74) is 7.61. The molecule has 1 fully saturated rings. The minimum atomic E-state index is 0.283. The highest BCUT2D eigenvalue weighted by molar-refractivity contribution is 5.37. The average Bonchev–Trinajstić information content (AvgIpc) is 2.39. The van der Waals surface area contributed by atoms with Crippen molar-refractivity contribution in [2.75, 3.05) is 26.3 Å². The third-order valence-corrected chi connectivity index (χ3v) is 3.40. The van der Waals surface area contributed by atoms with Crippen molar-refractivity contribution in [1.29, 1.82) is 0 Å². The van der Waals surface area contributed by atoms with Crippen LogP contribution in [0.3, 0.4) is 0 Å². The fourth-order valence-electron chi connectivity index (χ4n) is 2.20. The number of morpholine rings is 1. The van der Waals surface area contributed by atoms with Crippen molar-refractivity contribution < 1.29 is 9.84 Å². The molecule has 4 nitrogen and oxygen atoms in total. The molecule has 4 heteroatoms. The van der Waals surface area contributed by atoms with Gasteiger partial charge < -0.3 is 15.6 Å². The Hall–Kier alpha value is -1.10. The third kappa shape index (κ3) is 2.77. The maximum atomic E-state index is 9.61. The van der Waals surface area contributed by atoms with Crippen LogP contribution in [0.5, 0.6) is 5.75 Å². The van der Waals surface area contributed by atoms with Crippen LogP contribution in [0.15, 0.2) is 18.2 Å². The summed E-state index contributed by atoms with van der Waals surface area (Å²) in [6.45, 7) is 6.06. The molecule has 1 aromatic carbocycles. The van der Waals surface area contributed by atoms with Crippen LogP contribution in [0, 0.1) is 0 Å². The average molecular weight is 236 g/mol. The van der Waals surface area contributed by atoms with Crippen LogP contribution in [0.25, 0.3) is 0 Å². The molecule has 94 valence electrons. The van der Waals surface area contributed by atoms with Crippen molar-refractivity contribution in [3.63, 3.8) is 0 Å². The summed E-state index contributed by atoms with van der Waals surface area (Å²) in [6.07, 6.45) is 0. The van der Waals surface area contributed by atoms with Gasteiger partial charge in [0.15, 0.2) is 0 Å². The van der Waals surface area contributed by atoms with E-state index >= 15 is 0 Å². The first-order valence-corrected chi connectivity index (χ1v) is 6.06. The first-order chi connectivity index (χ1) is 8.22. The van der Waals surface area contributed by atoms with Gasteiger partial charge in [-0.15, -0.1) is 0 Å². The molecule has 2 rings (SSSR count). The van der Waals surface area contributed by atoms with Crippen LogP contribution in [0.2, 0.25) is 0 Å². The van der Waals surface area contributed by atoms with Gasteiger partial charge in [0.25, 0.3) is 0 Å². The molecule has 0 radical (unpaired) electrons. The Morgan fingerprint density at radius 3 is 2.76 bits per heavy atom. The van der Waals surface area contributed by atoms with Crippen molar-refractivity contribution in [3.05, 3.63) is 29.3 Å². The Balaban J connectivity index is 2.15. The van der Waals surface area contributed by atoms with Gasteiger partial charge in [-0.2, -0.15) is 0 Å². The normalized spacial score (nSPS) is 19.2. The van der Waals surface area contributed by atoms with Gasteiger partial charge >= 0.3 is 0 Å². The summed E-state index contributed by atoms with van der Waals surface area (Å²) >= 11 is 0. The molecular weight excluding hydrogens is 216 g/mol. The van der Waals surface area contributed by atoms with Gasteiger partial charge in [-0.05, 0) is 24.6 Å². The molecule has 1 aliphatic rings. The van der Waals surface area contributed by atoms with Gasteiger partial charge in [0.2, 0.25) is 0 Å². The van der Waals surface area contributed by atoms with E-state index in [0.29, 0.717) is 12.6 Å². The van der Waals surface area contributed by atoms with Crippen LogP contribution in [-0.2, 0) is 11.3 Å². The lowest BCUT2D eigenvalue weighted by molar-refractivity contribution is 0.0198.